The summed E-state index contributed by atoms with van der Waals surface area (Å²) in [6.07, 6.45) is -2.39. The number of thiophene rings is 1. The van der Waals surface area contributed by atoms with Gasteiger partial charge in [0.1, 0.15) is 0 Å². The molecule has 39 heavy (non-hydrogen) atoms. The van der Waals surface area contributed by atoms with Crippen LogP contribution in [0.3, 0.4) is 0 Å². The van der Waals surface area contributed by atoms with Gasteiger partial charge in [-0.05, 0) is 67.0 Å². The molecule has 0 bridgehead atoms. The van der Waals surface area contributed by atoms with Gasteiger partial charge >= 0.3 is 6.18 Å². The van der Waals surface area contributed by atoms with Crippen molar-refractivity contribution in [1.29, 1.82) is 0 Å². The maximum atomic E-state index is 13.5. The van der Waals surface area contributed by atoms with E-state index >= 15 is 0 Å². The van der Waals surface area contributed by atoms with Crippen molar-refractivity contribution in [3.63, 3.8) is 0 Å². The average Bonchev–Trinajstić information content (AvgIpc) is 3.66. The van der Waals surface area contributed by atoms with Crippen LogP contribution in [0.1, 0.15) is 54.3 Å². The van der Waals surface area contributed by atoms with E-state index in [1.165, 1.54) is 23.6 Å². The van der Waals surface area contributed by atoms with E-state index in [2.05, 4.69) is 16.3 Å². The fourth-order valence-electron chi connectivity index (χ4n) is 4.52. The molecule has 0 amide bonds. The van der Waals surface area contributed by atoms with Crippen LogP contribution < -0.4 is 4.72 Å². The quantitative estimate of drug-likeness (QED) is 0.240. The zero-order valence-corrected chi connectivity index (χ0v) is 22.9. The topological polar surface area (TPSA) is 79.3 Å². The monoisotopic (exact) mass is 572 g/mol. The molecule has 4 aromatic rings. The smallest absolute Gasteiger partial charge is 0.376 e. The number of allylic oxidation sites excluding steroid dienone is 1. The second-order valence-corrected chi connectivity index (χ2v) is 13.1. The van der Waals surface area contributed by atoms with E-state index in [0.29, 0.717) is 25.3 Å². The number of fused-ring (bicyclic) bond motifs is 1. The fourth-order valence-corrected chi connectivity index (χ4v) is 7.38. The highest BCUT2D eigenvalue weighted by Gasteiger charge is 2.51. The zero-order valence-electron chi connectivity index (χ0n) is 21.3. The van der Waals surface area contributed by atoms with E-state index in [-0.39, 0.29) is 11.3 Å². The van der Waals surface area contributed by atoms with Gasteiger partial charge in [-0.1, -0.05) is 54.6 Å². The van der Waals surface area contributed by atoms with Crippen molar-refractivity contribution in [3.8, 4) is 11.3 Å². The van der Waals surface area contributed by atoms with E-state index in [9.17, 15) is 26.7 Å². The highest BCUT2D eigenvalue weighted by molar-refractivity contribution is 7.90. The predicted molar refractivity (Wildman–Crippen MR) is 149 cm³/mol. The summed E-state index contributed by atoms with van der Waals surface area (Å²) in [5.41, 5.74) is -0.113. The highest BCUT2D eigenvalue weighted by Crippen LogP contribution is 2.43. The molecule has 2 heterocycles. The van der Waals surface area contributed by atoms with E-state index in [1.807, 2.05) is 43.3 Å². The molecular weight excluding hydrogens is 545 g/mol. The Labute approximate surface area is 229 Å². The molecular formula is C29H27F3N2O3S2. The van der Waals surface area contributed by atoms with Crippen molar-refractivity contribution in [3.05, 3.63) is 95.0 Å². The van der Waals surface area contributed by atoms with Crippen LogP contribution in [-0.2, 0) is 15.6 Å². The number of rotatable bonds is 8. The van der Waals surface area contributed by atoms with E-state index in [1.54, 1.807) is 12.1 Å². The lowest BCUT2D eigenvalue weighted by molar-refractivity contribution is -0.258. The molecule has 1 unspecified atom stereocenters. The number of hydrogen-bond acceptors (Lipinski definition) is 5. The molecule has 5 rings (SSSR count). The van der Waals surface area contributed by atoms with Gasteiger partial charge in [0.2, 0.25) is 10.0 Å². The third kappa shape index (κ3) is 5.26. The molecule has 10 heteroatoms. The lowest BCUT2D eigenvalue weighted by atomic mass is 9.94. The molecule has 204 valence electrons. The summed E-state index contributed by atoms with van der Waals surface area (Å²) >= 11 is 1.35. The number of alkyl halides is 3. The summed E-state index contributed by atoms with van der Waals surface area (Å²) in [6, 6.07) is 16.5. The number of sulfonamides is 1. The molecule has 0 saturated heterocycles. The lowest BCUT2D eigenvalue weighted by Gasteiger charge is -2.26. The van der Waals surface area contributed by atoms with Crippen LogP contribution in [0.15, 0.2) is 73.4 Å². The summed E-state index contributed by atoms with van der Waals surface area (Å²) in [6.45, 7) is 6.64. The van der Waals surface area contributed by atoms with Crippen LogP contribution in [0.5, 0.6) is 0 Å². The number of pyridine rings is 1. The summed E-state index contributed by atoms with van der Waals surface area (Å²) in [7, 11) is -3.58. The SMILES string of the molecule is C=C(C)c1ccccc1C(NS(=O)(=O)C1CC1)c1cc2cccc(-c3cc([C@@](C)(O)C(F)(F)F)ccn3)c2s1. The molecule has 1 aliphatic carbocycles. The molecule has 2 N–H and O–H groups in total. The van der Waals surface area contributed by atoms with Crippen molar-refractivity contribution in [2.45, 2.75) is 49.8 Å². The van der Waals surface area contributed by atoms with Gasteiger partial charge in [-0.25, -0.2) is 13.1 Å². The summed E-state index contributed by atoms with van der Waals surface area (Å²) < 4.78 is 70.4. The largest absolute Gasteiger partial charge is 0.421 e. The summed E-state index contributed by atoms with van der Waals surface area (Å²) in [5, 5.41) is 10.6. The highest BCUT2D eigenvalue weighted by atomic mass is 32.2. The lowest BCUT2D eigenvalue weighted by Crippen LogP contribution is -2.39. The van der Waals surface area contributed by atoms with Crippen LogP contribution in [0.25, 0.3) is 26.9 Å². The standard InChI is InChI=1S/C29H27F3N2O3S2/c1-17(2)21-8-4-5-9-22(21)26(34-39(36,37)20-11-12-20)25-15-18-7-6-10-23(27(18)38-25)24-16-19(13-14-33-24)28(3,35)29(30,31)32/h4-10,13-16,20,26,34-35H,1,11-12H2,2-3H3/t26?,28-/m1/s1. The van der Waals surface area contributed by atoms with Crippen LogP contribution in [-0.4, -0.2) is 29.9 Å². The van der Waals surface area contributed by atoms with Crippen LogP contribution in [0, 0.1) is 0 Å². The maximum Gasteiger partial charge on any atom is 0.421 e. The Morgan fingerprint density at radius 1 is 1.13 bits per heavy atom. The number of benzene rings is 2. The number of nitrogens with zero attached hydrogens (tertiary/aromatic N) is 1. The van der Waals surface area contributed by atoms with E-state index < -0.39 is 33.1 Å². The van der Waals surface area contributed by atoms with Crippen LogP contribution in [0.4, 0.5) is 13.2 Å². The number of nitrogens with one attached hydrogen (secondary N) is 1. The van der Waals surface area contributed by atoms with Gasteiger partial charge in [0, 0.05) is 21.3 Å². The molecule has 1 fully saturated rings. The van der Waals surface area contributed by atoms with Crippen molar-refractivity contribution in [2.24, 2.45) is 0 Å². The molecule has 1 saturated carbocycles. The Hall–Kier alpha value is -3.05. The Bertz CT molecular complexity index is 1670. The first-order valence-electron chi connectivity index (χ1n) is 12.3. The summed E-state index contributed by atoms with van der Waals surface area (Å²) in [4.78, 5) is 5.03. The molecule has 0 radical (unpaired) electrons. The Balaban J connectivity index is 1.65. The van der Waals surface area contributed by atoms with Gasteiger partial charge in [-0.2, -0.15) is 13.2 Å². The van der Waals surface area contributed by atoms with Gasteiger partial charge in [0.05, 0.1) is 17.0 Å². The Morgan fingerprint density at radius 3 is 2.51 bits per heavy atom. The normalized spacial score (nSPS) is 16.7. The minimum atomic E-state index is -4.86. The van der Waals surface area contributed by atoms with Gasteiger partial charge < -0.3 is 5.11 Å². The Kier molecular flexibility index (Phi) is 6.95. The average molecular weight is 573 g/mol. The van der Waals surface area contributed by atoms with Crippen molar-refractivity contribution >= 4 is 37.0 Å². The summed E-state index contributed by atoms with van der Waals surface area (Å²) in [5.74, 6) is 0. The first-order chi connectivity index (χ1) is 18.3. The maximum absolute atomic E-state index is 13.5. The van der Waals surface area contributed by atoms with E-state index in [0.717, 1.165) is 37.7 Å². The van der Waals surface area contributed by atoms with Gasteiger partial charge in [0.25, 0.3) is 0 Å². The van der Waals surface area contributed by atoms with Crippen molar-refractivity contribution in [1.82, 2.24) is 9.71 Å². The first kappa shape index (κ1) is 27.5. The van der Waals surface area contributed by atoms with Gasteiger partial charge in [0.15, 0.2) is 5.60 Å². The molecule has 5 nitrogen and oxygen atoms in total. The number of aliphatic hydroxyl groups is 1. The third-order valence-corrected chi connectivity index (χ3v) is 10.1. The predicted octanol–water partition coefficient (Wildman–Crippen LogP) is 6.94. The minimum Gasteiger partial charge on any atom is -0.376 e. The second kappa shape index (κ2) is 9.85. The molecule has 1 aliphatic rings. The molecule has 2 aromatic heterocycles. The third-order valence-electron chi connectivity index (χ3n) is 6.97. The van der Waals surface area contributed by atoms with Crippen molar-refractivity contribution in [2.75, 3.05) is 0 Å². The fraction of sp³-hybridized carbons (Fsp3) is 0.276. The Morgan fingerprint density at radius 2 is 1.85 bits per heavy atom. The first-order valence-corrected chi connectivity index (χ1v) is 14.7. The van der Waals surface area contributed by atoms with Crippen LogP contribution in [0.2, 0.25) is 0 Å². The zero-order chi connectivity index (χ0) is 28.2. The molecule has 2 atom stereocenters. The van der Waals surface area contributed by atoms with Gasteiger partial charge in [-0.15, -0.1) is 11.3 Å². The van der Waals surface area contributed by atoms with Gasteiger partial charge in [-0.3, -0.25) is 4.98 Å². The molecule has 0 spiro atoms. The number of aromatic nitrogens is 1. The molecule has 0 aliphatic heterocycles. The van der Waals surface area contributed by atoms with Crippen LogP contribution >= 0.6 is 11.3 Å². The second-order valence-electron chi connectivity index (χ2n) is 10.0. The van der Waals surface area contributed by atoms with E-state index in [4.69, 9.17) is 0 Å². The molecule has 2 aromatic carbocycles. The number of halogens is 3. The van der Waals surface area contributed by atoms with Crippen molar-refractivity contribution < 1.29 is 26.7 Å². The number of hydrogen-bond donors (Lipinski definition) is 2. The minimum absolute atomic E-state index is 0.272.